The first-order valence-electron chi connectivity index (χ1n) is 13.7. The number of rotatable bonds is 3. The Morgan fingerprint density at radius 1 is 1.00 bits per heavy atom. The molecule has 8 heteroatoms. The molecule has 2 heterocycles. The highest BCUT2D eigenvalue weighted by molar-refractivity contribution is 5.84. The highest BCUT2D eigenvalue weighted by atomic mass is 16.3. The fraction of sp³-hybridized carbons (Fsp3) is 0.679. The maximum Gasteiger partial charge on any atom is 0.320 e. The summed E-state index contributed by atoms with van der Waals surface area (Å²) in [4.78, 5) is 36.6. The summed E-state index contributed by atoms with van der Waals surface area (Å²) < 4.78 is 0. The summed E-state index contributed by atoms with van der Waals surface area (Å²) >= 11 is 0. The minimum atomic E-state index is -0.306. The maximum absolute atomic E-state index is 13.5. The lowest BCUT2D eigenvalue weighted by Crippen LogP contribution is -2.61. The van der Waals surface area contributed by atoms with Gasteiger partial charge in [-0.3, -0.25) is 4.79 Å². The molecular formula is C28H37N5O3. The number of urea groups is 1. The number of hydrogen-bond donors (Lipinski definition) is 2. The Morgan fingerprint density at radius 3 is 2.44 bits per heavy atom. The van der Waals surface area contributed by atoms with Crippen molar-refractivity contribution in [1.82, 2.24) is 15.1 Å². The van der Waals surface area contributed by atoms with Crippen molar-refractivity contribution < 1.29 is 14.7 Å². The van der Waals surface area contributed by atoms with Gasteiger partial charge in [0.15, 0.2) is 0 Å². The van der Waals surface area contributed by atoms with Gasteiger partial charge in [0.1, 0.15) is 0 Å². The largest absolute Gasteiger partial charge is 0.393 e. The smallest absolute Gasteiger partial charge is 0.320 e. The van der Waals surface area contributed by atoms with E-state index in [9.17, 15) is 14.7 Å². The second-order valence-electron chi connectivity index (χ2n) is 11.9. The van der Waals surface area contributed by atoms with E-state index in [2.05, 4.69) is 15.1 Å². The van der Waals surface area contributed by atoms with Gasteiger partial charge in [0.05, 0.1) is 18.1 Å². The highest BCUT2D eigenvalue weighted by Gasteiger charge is 2.58. The summed E-state index contributed by atoms with van der Waals surface area (Å²) in [6.45, 7) is 11.4. The number of aliphatic hydroxyl groups excluding tert-OH is 1. The second kappa shape index (κ2) is 9.26. The molecule has 2 N–H and O–H groups in total. The number of likely N-dealkylation sites (tertiary alicyclic amines) is 1. The van der Waals surface area contributed by atoms with Crippen LogP contribution in [0, 0.1) is 29.7 Å². The first-order valence-corrected chi connectivity index (χ1v) is 13.7. The molecule has 3 amide bonds. The molecule has 3 atom stereocenters. The van der Waals surface area contributed by atoms with E-state index in [1.807, 2.05) is 34.1 Å². The lowest BCUT2D eigenvalue weighted by molar-refractivity contribution is -0.163. The number of carbonyl (C=O) groups is 2. The number of nitrogens with one attached hydrogen (secondary N) is 1. The molecule has 6 fully saturated rings. The van der Waals surface area contributed by atoms with Crippen LogP contribution in [0.3, 0.4) is 0 Å². The van der Waals surface area contributed by atoms with Crippen LogP contribution >= 0.6 is 0 Å². The van der Waals surface area contributed by atoms with Gasteiger partial charge in [-0.1, -0.05) is 18.2 Å². The van der Waals surface area contributed by atoms with Crippen LogP contribution in [0.15, 0.2) is 24.3 Å². The molecule has 4 bridgehead atoms. The summed E-state index contributed by atoms with van der Waals surface area (Å²) in [5, 5.41) is 13.9. The van der Waals surface area contributed by atoms with Gasteiger partial charge in [-0.25, -0.2) is 9.64 Å². The number of aliphatic hydroxyl groups is 1. The Balaban J connectivity index is 1.04. The third-order valence-electron chi connectivity index (χ3n) is 9.63. The van der Waals surface area contributed by atoms with Gasteiger partial charge in [0, 0.05) is 51.0 Å². The van der Waals surface area contributed by atoms with Crippen molar-refractivity contribution in [3.8, 4) is 0 Å². The number of carbonyl (C=O) groups excluding carboxylic acids is 2. The Hall–Kier alpha value is -2.79. The topological polar surface area (TPSA) is 80.5 Å². The van der Waals surface area contributed by atoms with E-state index in [0.29, 0.717) is 44.3 Å². The van der Waals surface area contributed by atoms with Crippen molar-refractivity contribution in [2.45, 2.75) is 57.1 Å². The van der Waals surface area contributed by atoms with Crippen LogP contribution in [0.25, 0.3) is 4.85 Å². The molecule has 2 aliphatic heterocycles. The van der Waals surface area contributed by atoms with Crippen LogP contribution in [-0.4, -0.2) is 78.3 Å². The lowest BCUT2D eigenvalue weighted by atomic mass is 9.48. The quantitative estimate of drug-likeness (QED) is 0.636. The van der Waals surface area contributed by atoms with E-state index in [4.69, 9.17) is 6.57 Å². The van der Waals surface area contributed by atoms with Crippen molar-refractivity contribution >= 4 is 23.3 Å². The Kier molecular flexibility index (Phi) is 6.07. The van der Waals surface area contributed by atoms with Crippen LogP contribution in [-0.2, 0) is 4.79 Å². The Labute approximate surface area is 213 Å². The predicted octanol–water partition coefficient (Wildman–Crippen LogP) is 3.25. The molecule has 6 aliphatic rings. The molecule has 192 valence electrons. The van der Waals surface area contributed by atoms with Crippen molar-refractivity contribution in [2.75, 3.05) is 44.2 Å². The zero-order chi connectivity index (χ0) is 24.9. The van der Waals surface area contributed by atoms with Crippen LogP contribution in [0.1, 0.15) is 44.9 Å². The van der Waals surface area contributed by atoms with Crippen molar-refractivity contribution in [1.29, 1.82) is 0 Å². The maximum atomic E-state index is 13.5. The Morgan fingerprint density at radius 2 is 1.72 bits per heavy atom. The Bertz CT molecular complexity index is 1050. The molecular weight excluding hydrogens is 454 g/mol. The van der Waals surface area contributed by atoms with Crippen LogP contribution in [0.4, 0.5) is 16.2 Å². The van der Waals surface area contributed by atoms with E-state index >= 15 is 0 Å². The van der Waals surface area contributed by atoms with Gasteiger partial charge in [0.2, 0.25) is 11.6 Å². The number of piperidine rings is 1. The molecule has 1 aromatic carbocycles. The molecule has 4 aliphatic carbocycles. The molecule has 0 aromatic heterocycles. The normalized spacial score (nSPS) is 35.4. The van der Waals surface area contributed by atoms with Gasteiger partial charge in [-0.05, 0) is 68.8 Å². The molecule has 4 saturated carbocycles. The summed E-state index contributed by atoms with van der Waals surface area (Å²) in [5.41, 5.74) is 1.29. The summed E-state index contributed by atoms with van der Waals surface area (Å²) in [5.74, 6) is 1.32. The average molecular weight is 492 g/mol. The summed E-state index contributed by atoms with van der Waals surface area (Å²) in [6.07, 6.45) is 6.35. The van der Waals surface area contributed by atoms with E-state index < -0.39 is 0 Å². The number of piperazine rings is 1. The molecule has 7 rings (SSSR count). The number of anilines is 1. The zero-order valence-electron chi connectivity index (χ0n) is 20.9. The van der Waals surface area contributed by atoms with Crippen LogP contribution in [0.5, 0.6) is 0 Å². The first kappa shape index (κ1) is 23.6. The van der Waals surface area contributed by atoms with Crippen molar-refractivity contribution in [3.05, 3.63) is 35.7 Å². The third-order valence-corrected chi connectivity index (χ3v) is 9.63. The summed E-state index contributed by atoms with van der Waals surface area (Å²) in [7, 11) is 0. The molecule has 0 spiro atoms. The zero-order valence-corrected chi connectivity index (χ0v) is 20.9. The van der Waals surface area contributed by atoms with E-state index in [-0.39, 0.29) is 41.3 Å². The van der Waals surface area contributed by atoms with E-state index in [1.165, 1.54) is 0 Å². The fourth-order valence-corrected chi connectivity index (χ4v) is 8.05. The number of hydrogen-bond acceptors (Lipinski definition) is 4. The van der Waals surface area contributed by atoms with Gasteiger partial charge in [-0.15, -0.1) is 0 Å². The predicted molar refractivity (Wildman–Crippen MR) is 137 cm³/mol. The molecule has 36 heavy (non-hydrogen) atoms. The fourth-order valence-electron chi connectivity index (χ4n) is 8.05. The van der Waals surface area contributed by atoms with Crippen LogP contribution < -0.4 is 10.2 Å². The second-order valence-corrected chi connectivity index (χ2v) is 11.9. The van der Waals surface area contributed by atoms with E-state index in [0.717, 1.165) is 57.2 Å². The SMILES string of the molecule is [C-]#[N+]c1ccccc1N1CCN(C(=O)N2CCC[C@H](NC(=O)C34CC5CC(C3)C(O)C(C5)C4)C2)CC1. The van der Waals surface area contributed by atoms with Gasteiger partial charge >= 0.3 is 6.03 Å². The van der Waals surface area contributed by atoms with Gasteiger partial charge < -0.3 is 25.1 Å². The minimum absolute atomic E-state index is 0.0000372. The van der Waals surface area contributed by atoms with Crippen LogP contribution in [0.2, 0.25) is 0 Å². The number of benzene rings is 1. The molecule has 0 radical (unpaired) electrons. The average Bonchev–Trinajstić information content (AvgIpc) is 2.91. The third kappa shape index (κ3) is 4.11. The number of nitrogens with zero attached hydrogens (tertiary/aromatic N) is 4. The van der Waals surface area contributed by atoms with Crippen molar-refractivity contribution in [3.63, 3.8) is 0 Å². The molecule has 2 unspecified atom stereocenters. The number of amides is 3. The molecule has 1 aromatic rings. The molecule has 2 saturated heterocycles. The standard InChI is InChI=1S/C28H37N5O3/c1-29-23-6-2-3-7-24(23)31-9-11-32(12-10-31)27(36)33-8-4-5-22(18-33)30-26(35)28-15-19-13-20(16-28)25(34)21(14-19)17-28/h2-3,6-7,19-22,25,34H,4-5,8-18H2,(H,30,35)/t19?,20?,21?,22-,25?,28?/m0/s1. The first-order chi connectivity index (χ1) is 17.5. The van der Waals surface area contributed by atoms with E-state index in [1.54, 1.807) is 0 Å². The molecule has 8 nitrogen and oxygen atoms in total. The minimum Gasteiger partial charge on any atom is -0.393 e. The summed E-state index contributed by atoms with van der Waals surface area (Å²) in [6, 6.07) is 7.72. The monoisotopic (exact) mass is 491 g/mol. The lowest BCUT2D eigenvalue weighted by Gasteiger charge is -2.58. The van der Waals surface area contributed by atoms with Crippen molar-refractivity contribution in [2.24, 2.45) is 23.2 Å². The highest BCUT2D eigenvalue weighted by Crippen LogP contribution is 2.60. The van der Waals surface area contributed by atoms with Gasteiger partial charge in [-0.2, -0.15) is 0 Å². The number of para-hydroxylation sites is 2. The van der Waals surface area contributed by atoms with Gasteiger partial charge in [0.25, 0.3) is 0 Å².